The quantitative estimate of drug-likeness (QED) is 0.556. The van der Waals surface area contributed by atoms with Gasteiger partial charge in [-0.1, -0.05) is 0 Å². The van der Waals surface area contributed by atoms with Crippen LogP contribution in [0.25, 0.3) is 0 Å². The lowest BCUT2D eigenvalue weighted by Crippen LogP contribution is -2.34. The van der Waals surface area contributed by atoms with E-state index in [1.807, 2.05) is 0 Å². The van der Waals surface area contributed by atoms with Crippen molar-refractivity contribution in [3.8, 4) is 0 Å². The highest BCUT2D eigenvalue weighted by Crippen LogP contribution is 1.82. The van der Waals surface area contributed by atoms with Gasteiger partial charge in [-0.25, -0.2) is 0 Å². The second kappa shape index (κ2) is 5.17. The van der Waals surface area contributed by atoms with E-state index < -0.39 is 18.7 Å². The molecule has 2 N–H and O–H groups in total. The van der Waals surface area contributed by atoms with Crippen molar-refractivity contribution in [1.82, 2.24) is 5.32 Å². The van der Waals surface area contributed by atoms with Gasteiger partial charge in [0.2, 0.25) is 0 Å². The molecule has 0 bridgehead atoms. The highest BCUT2D eigenvalue weighted by molar-refractivity contribution is 5.72. The van der Waals surface area contributed by atoms with Crippen molar-refractivity contribution in [3.63, 3.8) is 0 Å². The third-order valence-electron chi connectivity index (χ3n) is 1.13. The molecule has 3 nitrogen and oxygen atoms in total. The Labute approximate surface area is 59.2 Å². The van der Waals surface area contributed by atoms with Gasteiger partial charge in [0.15, 0.2) is 0 Å². The van der Waals surface area contributed by atoms with Gasteiger partial charge in [-0.15, -0.1) is 0 Å². The minimum atomic E-state index is -0.904. The van der Waals surface area contributed by atoms with Crippen molar-refractivity contribution >= 4 is 5.97 Å². The van der Waals surface area contributed by atoms with Crippen LogP contribution in [0.15, 0.2) is 0 Å². The van der Waals surface area contributed by atoms with Gasteiger partial charge in [-0.05, 0) is 19.9 Å². The molecule has 0 aromatic carbocycles. The van der Waals surface area contributed by atoms with Gasteiger partial charge in [0, 0.05) is 0 Å². The average Bonchev–Trinajstić information content (AvgIpc) is 1.88. The third-order valence-corrected chi connectivity index (χ3v) is 1.13. The molecule has 1 unspecified atom stereocenters. The highest BCUT2D eigenvalue weighted by atomic mass is 19.1. The van der Waals surface area contributed by atoms with Gasteiger partial charge in [-0.3, -0.25) is 9.18 Å². The van der Waals surface area contributed by atoms with Crippen molar-refractivity contribution in [2.45, 2.75) is 19.4 Å². The smallest absolute Gasteiger partial charge is 0.320 e. The first-order valence-corrected chi connectivity index (χ1v) is 3.20. The van der Waals surface area contributed by atoms with Crippen LogP contribution in [0.2, 0.25) is 0 Å². The van der Waals surface area contributed by atoms with Crippen LogP contribution in [0.3, 0.4) is 0 Å². The molecule has 0 aliphatic rings. The molecule has 0 rings (SSSR count). The normalized spacial score (nSPS) is 13.0. The van der Waals surface area contributed by atoms with E-state index >= 15 is 0 Å². The van der Waals surface area contributed by atoms with E-state index in [4.69, 9.17) is 5.11 Å². The Morgan fingerprint density at radius 3 is 2.80 bits per heavy atom. The van der Waals surface area contributed by atoms with Crippen molar-refractivity contribution < 1.29 is 14.3 Å². The van der Waals surface area contributed by atoms with Crippen molar-refractivity contribution in [2.75, 3.05) is 13.2 Å². The van der Waals surface area contributed by atoms with Crippen LogP contribution in [0.5, 0.6) is 0 Å². The fourth-order valence-corrected chi connectivity index (χ4v) is 0.473. The van der Waals surface area contributed by atoms with Crippen LogP contribution in [0, 0.1) is 0 Å². The van der Waals surface area contributed by atoms with E-state index in [0.717, 1.165) is 0 Å². The fourth-order valence-electron chi connectivity index (χ4n) is 0.473. The molecule has 4 heteroatoms. The number of carboxylic acid groups (broad SMARTS) is 1. The molecule has 0 aliphatic heterocycles. The summed E-state index contributed by atoms with van der Waals surface area (Å²) in [7, 11) is 0. The molecule has 0 saturated heterocycles. The first-order valence-electron chi connectivity index (χ1n) is 3.20. The van der Waals surface area contributed by atoms with Gasteiger partial charge in [0.1, 0.15) is 6.04 Å². The number of rotatable bonds is 5. The van der Waals surface area contributed by atoms with Gasteiger partial charge < -0.3 is 10.4 Å². The molecule has 10 heavy (non-hydrogen) atoms. The number of hydrogen-bond acceptors (Lipinski definition) is 2. The Hall–Kier alpha value is -0.640. The number of alkyl halides is 1. The Bertz CT molecular complexity index is 108. The Morgan fingerprint density at radius 2 is 2.40 bits per heavy atom. The topological polar surface area (TPSA) is 49.3 Å². The molecule has 1 atom stereocenters. The van der Waals surface area contributed by atoms with Crippen LogP contribution < -0.4 is 5.32 Å². The summed E-state index contributed by atoms with van der Waals surface area (Å²) in [6, 6.07) is -0.577. The lowest BCUT2D eigenvalue weighted by atomic mass is 10.3. The lowest BCUT2D eigenvalue weighted by molar-refractivity contribution is -0.138. The van der Waals surface area contributed by atoms with E-state index in [1.54, 1.807) is 0 Å². The molecular weight excluding hydrogens is 137 g/mol. The van der Waals surface area contributed by atoms with Gasteiger partial charge in [-0.2, -0.15) is 0 Å². The second-order valence-corrected chi connectivity index (χ2v) is 2.06. The molecule has 0 radical (unpaired) electrons. The number of nitrogens with one attached hydrogen (secondary N) is 1. The standard InChI is InChI=1S/C6H12FNO2/c1-5(6(9)10)8-4-2-3-7/h5,8H,2-4H2,1H3,(H,9,10). The Kier molecular flexibility index (Phi) is 4.84. The summed E-state index contributed by atoms with van der Waals surface area (Å²) in [6.07, 6.45) is 0.373. The summed E-state index contributed by atoms with van der Waals surface area (Å²) in [5.74, 6) is -0.904. The maximum absolute atomic E-state index is 11.5. The van der Waals surface area contributed by atoms with Crippen molar-refractivity contribution in [3.05, 3.63) is 0 Å². The summed E-state index contributed by atoms with van der Waals surface area (Å²) in [5.41, 5.74) is 0. The monoisotopic (exact) mass is 149 g/mol. The van der Waals surface area contributed by atoms with Gasteiger partial charge in [0.05, 0.1) is 6.67 Å². The highest BCUT2D eigenvalue weighted by Gasteiger charge is 2.07. The number of hydrogen-bond donors (Lipinski definition) is 2. The molecule has 0 saturated carbocycles. The zero-order valence-corrected chi connectivity index (χ0v) is 5.93. The molecule has 0 spiro atoms. The molecule has 0 aromatic rings. The summed E-state index contributed by atoms with van der Waals surface area (Å²) >= 11 is 0. The predicted molar refractivity (Wildman–Crippen MR) is 35.7 cm³/mol. The molecule has 0 aliphatic carbocycles. The zero-order valence-electron chi connectivity index (χ0n) is 5.93. The van der Waals surface area contributed by atoms with Crippen LogP contribution >= 0.6 is 0 Å². The number of aliphatic carboxylic acids is 1. The third kappa shape index (κ3) is 4.26. The number of carbonyl (C=O) groups is 1. The predicted octanol–water partition coefficient (Wildman–Crippen LogP) is 0.409. The zero-order chi connectivity index (χ0) is 7.98. The summed E-state index contributed by atoms with van der Waals surface area (Å²) in [5, 5.41) is 11.0. The van der Waals surface area contributed by atoms with Crippen molar-refractivity contribution in [2.24, 2.45) is 0 Å². The Balaban J connectivity index is 3.21. The SMILES string of the molecule is CC(NCCCF)C(=O)O. The van der Waals surface area contributed by atoms with E-state index in [9.17, 15) is 9.18 Å². The van der Waals surface area contributed by atoms with E-state index in [1.165, 1.54) is 6.92 Å². The van der Waals surface area contributed by atoms with Gasteiger partial charge >= 0.3 is 5.97 Å². The summed E-state index contributed by atoms with van der Waals surface area (Å²) in [6.45, 7) is 1.55. The molecule has 60 valence electrons. The molecule has 0 amide bonds. The number of carboxylic acids is 1. The maximum Gasteiger partial charge on any atom is 0.320 e. The first-order chi connectivity index (χ1) is 4.68. The van der Waals surface area contributed by atoms with Crippen molar-refractivity contribution in [1.29, 1.82) is 0 Å². The lowest BCUT2D eigenvalue weighted by Gasteiger charge is -2.06. The van der Waals surface area contributed by atoms with E-state index in [2.05, 4.69) is 5.32 Å². The van der Waals surface area contributed by atoms with Crippen LogP contribution in [-0.2, 0) is 4.79 Å². The fraction of sp³-hybridized carbons (Fsp3) is 0.833. The maximum atomic E-state index is 11.5. The summed E-state index contributed by atoms with van der Waals surface area (Å²) in [4.78, 5) is 10.1. The van der Waals surface area contributed by atoms with E-state index in [-0.39, 0.29) is 0 Å². The molecular formula is C6H12FNO2. The largest absolute Gasteiger partial charge is 0.480 e. The van der Waals surface area contributed by atoms with Crippen LogP contribution in [0.1, 0.15) is 13.3 Å². The first kappa shape index (κ1) is 9.36. The van der Waals surface area contributed by atoms with E-state index in [0.29, 0.717) is 13.0 Å². The molecule has 0 aromatic heterocycles. The van der Waals surface area contributed by atoms with Crippen LogP contribution in [0.4, 0.5) is 4.39 Å². The minimum Gasteiger partial charge on any atom is -0.480 e. The van der Waals surface area contributed by atoms with Gasteiger partial charge in [0.25, 0.3) is 0 Å². The minimum absolute atomic E-state index is 0.373. The second-order valence-electron chi connectivity index (χ2n) is 2.06. The average molecular weight is 149 g/mol. The summed E-state index contributed by atoms with van der Waals surface area (Å²) < 4.78 is 11.5. The Morgan fingerprint density at radius 1 is 1.80 bits per heavy atom. The van der Waals surface area contributed by atoms with Crippen LogP contribution in [-0.4, -0.2) is 30.3 Å². The molecule has 0 heterocycles. The molecule has 0 fully saturated rings. The number of halogens is 1.